The molecule has 0 atom stereocenters. The van der Waals surface area contributed by atoms with Crippen LogP contribution in [0.15, 0.2) is 22.7 Å². The van der Waals surface area contributed by atoms with Crippen LogP contribution in [0.5, 0.6) is 17.8 Å². The van der Waals surface area contributed by atoms with Crippen molar-refractivity contribution in [3.63, 3.8) is 0 Å². The molecule has 0 amide bonds. The van der Waals surface area contributed by atoms with E-state index in [4.69, 9.17) is 15.2 Å². The van der Waals surface area contributed by atoms with Gasteiger partial charge in [0.05, 0.1) is 10.6 Å². The van der Waals surface area contributed by atoms with Crippen LogP contribution < -0.4 is 15.2 Å². The standard InChI is InChI=1S/C12H12BrFN4O2/c1-6(2)19-11-16-10(15)17-12(18-11)20-9-4-3-7(14)5-8(9)13/h3-6H,1-2H3,(H2,15,16,17,18). The van der Waals surface area contributed by atoms with Crippen LogP contribution >= 0.6 is 15.9 Å². The number of hydrogen-bond acceptors (Lipinski definition) is 6. The van der Waals surface area contributed by atoms with Crippen LogP contribution in [0.2, 0.25) is 0 Å². The van der Waals surface area contributed by atoms with Gasteiger partial charge in [-0.2, -0.15) is 9.97 Å². The lowest BCUT2D eigenvalue weighted by Crippen LogP contribution is -2.11. The van der Waals surface area contributed by atoms with Crippen molar-refractivity contribution >= 4 is 21.9 Å². The number of nitrogens with two attached hydrogens (primary N) is 1. The van der Waals surface area contributed by atoms with E-state index >= 15 is 0 Å². The molecule has 6 nitrogen and oxygen atoms in total. The highest BCUT2D eigenvalue weighted by molar-refractivity contribution is 9.10. The first-order valence-electron chi connectivity index (χ1n) is 5.75. The number of rotatable bonds is 4. The molecule has 0 saturated carbocycles. The number of halogens is 2. The summed E-state index contributed by atoms with van der Waals surface area (Å²) < 4.78 is 24.2. The number of hydrogen-bond donors (Lipinski definition) is 1. The van der Waals surface area contributed by atoms with Gasteiger partial charge in [-0.05, 0) is 48.0 Å². The summed E-state index contributed by atoms with van der Waals surface area (Å²) >= 11 is 3.18. The Balaban J connectivity index is 2.26. The van der Waals surface area contributed by atoms with Gasteiger partial charge in [0.15, 0.2) is 0 Å². The summed E-state index contributed by atoms with van der Waals surface area (Å²) in [6, 6.07) is 4.02. The van der Waals surface area contributed by atoms with Crippen molar-refractivity contribution in [3.8, 4) is 17.8 Å². The van der Waals surface area contributed by atoms with E-state index in [-0.39, 0.29) is 29.9 Å². The van der Waals surface area contributed by atoms with Gasteiger partial charge >= 0.3 is 12.0 Å². The quantitative estimate of drug-likeness (QED) is 0.919. The number of nitrogens with zero attached hydrogens (tertiary/aromatic N) is 3. The molecule has 20 heavy (non-hydrogen) atoms. The molecule has 0 fully saturated rings. The fourth-order valence-corrected chi connectivity index (χ4v) is 1.75. The van der Waals surface area contributed by atoms with Gasteiger partial charge in [-0.3, -0.25) is 0 Å². The van der Waals surface area contributed by atoms with E-state index in [1.54, 1.807) is 0 Å². The minimum Gasteiger partial charge on any atom is -0.461 e. The molecule has 0 bridgehead atoms. The van der Waals surface area contributed by atoms with Crippen molar-refractivity contribution in [2.24, 2.45) is 0 Å². The summed E-state index contributed by atoms with van der Waals surface area (Å²) in [6.45, 7) is 3.66. The van der Waals surface area contributed by atoms with Crippen LogP contribution in [0.4, 0.5) is 10.3 Å². The van der Waals surface area contributed by atoms with E-state index in [1.165, 1.54) is 18.2 Å². The molecule has 0 aliphatic rings. The van der Waals surface area contributed by atoms with Gasteiger partial charge in [0.1, 0.15) is 11.6 Å². The molecule has 1 heterocycles. The summed E-state index contributed by atoms with van der Waals surface area (Å²) in [6.07, 6.45) is -0.109. The Morgan fingerprint density at radius 3 is 2.55 bits per heavy atom. The van der Waals surface area contributed by atoms with Crippen LogP contribution in [0.3, 0.4) is 0 Å². The lowest BCUT2D eigenvalue weighted by atomic mass is 10.3. The maximum absolute atomic E-state index is 13.0. The predicted octanol–water partition coefficient (Wildman–Crippen LogP) is 2.93. The minimum absolute atomic E-state index is 0.0242. The highest BCUT2D eigenvalue weighted by Gasteiger charge is 2.11. The molecule has 0 saturated heterocycles. The van der Waals surface area contributed by atoms with Gasteiger partial charge in [-0.15, -0.1) is 4.98 Å². The second-order valence-electron chi connectivity index (χ2n) is 4.10. The molecule has 0 spiro atoms. The van der Waals surface area contributed by atoms with Gasteiger partial charge in [-0.25, -0.2) is 4.39 Å². The normalized spacial score (nSPS) is 10.7. The lowest BCUT2D eigenvalue weighted by Gasteiger charge is -2.10. The Hall–Kier alpha value is -1.96. The highest BCUT2D eigenvalue weighted by Crippen LogP contribution is 2.29. The Bertz CT molecular complexity index is 624. The lowest BCUT2D eigenvalue weighted by molar-refractivity contribution is 0.218. The van der Waals surface area contributed by atoms with Crippen LogP contribution in [-0.2, 0) is 0 Å². The Labute approximate surface area is 123 Å². The Morgan fingerprint density at radius 2 is 1.90 bits per heavy atom. The third kappa shape index (κ3) is 3.77. The van der Waals surface area contributed by atoms with Crippen LogP contribution in [-0.4, -0.2) is 21.1 Å². The average Bonchev–Trinajstić information content (AvgIpc) is 2.31. The molecule has 8 heteroatoms. The number of benzene rings is 1. The predicted molar refractivity (Wildman–Crippen MR) is 74.2 cm³/mol. The van der Waals surface area contributed by atoms with E-state index in [2.05, 4.69) is 30.9 Å². The van der Waals surface area contributed by atoms with E-state index in [0.29, 0.717) is 10.2 Å². The first-order valence-corrected chi connectivity index (χ1v) is 6.54. The van der Waals surface area contributed by atoms with Gasteiger partial charge in [0, 0.05) is 0 Å². The van der Waals surface area contributed by atoms with Crippen molar-refractivity contribution in [2.45, 2.75) is 20.0 Å². The molecule has 0 unspecified atom stereocenters. The fourth-order valence-electron chi connectivity index (χ4n) is 1.32. The zero-order valence-electron chi connectivity index (χ0n) is 10.8. The van der Waals surface area contributed by atoms with Crippen LogP contribution in [0.25, 0.3) is 0 Å². The minimum atomic E-state index is -0.386. The fraction of sp³-hybridized carbons (Fsp3) is 0.250. The van der Waals surface area contributed by atoms with Crippen LogP contribution in [0, 0.1) is 5.82 Å². The monoisotopic (exact) mass is 342 g/mol. The summed E-state index contributed by atoms with van der Waals surface area (Å²) in [5.41, 5.74) is 5.56. The molecule has 2 N–H and O–H groups in total. The number of nitrogen functional groups attached to an aromatic ring is 1. The SMILES string of the molecule is CC(C)Oc1nc(N)nc(Oc2ccc(F)cc2Br)n1. The van der Waals surface area contributed by atoms with Crippen LogP contribution in [0.1, 0.15) is 13.8 Å². The van der Waals surface area contributed by atoms with Gasteiger partial charge in [-0.1, -0.05) is 0 Å². The van der Waals surface area contributed by atoms with Crippen molar-refractivity contribution in [2.75, 3.05) is 5.73 Å². The molecular weight excluding hydrogens is 331 g/mol. The summed E-state index contributed by atoms with van der Waals surface area (Å²) in [4.78, 5) is 11.6. The highest BCUT2D eigenvalue weighted by atomic mass is 79.9. The maximum atomic E-state index is 13.0. The van der Waals surface area contributed by atoms with E-state index in [1.807, 2.05) is 13.8 Å². The maximum Gasteiger partial charge on any atom is 0.330 e. The molecule has 2 rings (SSSR count). The molecule has 106 valence electrons. The van der Waals surface area contributed by atoms with Gasteiger partial charge in [0.2, 0.25) is 5.95 Å². The zero-order valence-corrected chi connectivity index (χ0v) is 12.4. The second kappa shape index (κ2) is 6.00. The smallest absolute Gasteiger partial charge is 0.330 e. The van der Waals surface area contributed by atoms with Crippen molar-refractivity contribution < 1.29 is 13.9 Å². The summed E-state index contributed by atoms with van der Waals surface area (Å²) in [5, 5.41) is 0. The topological polar surface area (TPSA) is 83.2 Å². The zero-order chi connectivity index (χ0) is 14.7. The van der Waals surface area contributed by atoms with E-state index in [0.717, 1.165) is 0 Å². The molecule has 1 aromatic carbocycles. The Kier molecular flexibility index (Phi) is 4.33. The molecular formula is C12H12BrFN4O2. The molecule has 0 radical (unpaired) electrons. The summed E-state index contributed by atoms with van der Waals surface area (Å²) in [7, 11) is 0. The number of ether oxygens (including phenoxy) is 2. The third-order valence-corrected chi connectivity index (χ3v) is 2.67. The summed E-state index contributed by atoms with van der Waals surface area (Å²) in [5.74, 6) is -0.0559. The first kappa shape index (κ1) is 14.4. The van der Waals surface area contributed by atoms with Crippen molar-refractivity contribution in [1.82, 2.24) is 15.0 Å². The van der Waals surface area contributed by atoms with Gasteiger partial charge in [0.25, 0.3) is 0 Å². The largest absolute Gasteiger partial charge is 0.461 e. The van der Waals surface area contributed by atoms with Crippen molar-refractivity contribution in [1.29, 1.82) is 0 Å². The average molecular weight is 343 g/mol. The molecule has 1 aromatic heterocycles. The molecule has 0 aliphatic heterocycles. The number of anilines is 1. The van der Waals surface area contributed by atoms with Crippen molar-refractivity contribution in [3.05, 3.63) is 28.5 Å². The van der Waals surface area contributed by atoms with E-state index in [9.17, 15) is 4.39 Å². The second-order valence-corrected chi connectivity index (χ2v) is 4.96. The van der Waals surface area contributed by atoms with E-state index < -0.39 is 0 Å². The first-order chi connectivity index (χ1) is 9.44. The number of aromatic nitrogens is 3. The third-order valence-electron chi connectivity index (χ3n) is 2.05. The molecule has 2 aromatic rings. The molecule has 0 aliphatic carbocycles. The Morgan fingerprint density at radius 1 is 1.20 bits per heavy atom. The van der Waals surface area contributed by atoms with Gasteiger partial charge < -0.3 is 15.2 Å².